The molecule has 0 saturated heterocycles. The lowest BCUT2D eigenvalue weighted by Crippen LogP contribution is -2.58. The summed E-state index contributed by atoms with van der Waals surface area (Å²) in [7, 11) is 1.17. The number of amides is 2. The molecule has 22 heavy (non-hydrogen) atoms. The second kappa shape index (κ2) is 6.54. The second-order valence-electron chi connectivity index (χ2n) is 7.35. The summed E-state index contributed by atoms with van der Waals surface area (Å²) >= 11 is 0. The zero-order chi connectivity index (χ0) is 17.9. The maximum atomic E-state index is 12.3. The Morgan fingerprint density at radius 1 is 0.727 bits per heavy atom. The molecule has 0 radical (unpaired) electrons. The van der Waals surface area contributed by atoms with Crippen molar-refractivity contribution in [2.24, 2.45) is 0 Å². The van der Waals surface area contributed by atoms with E-state index >= 15 is 0 Å². The van der Waals surface area contributed by atoms with E-state index in [4.69, 9.17) is 9.47 Å². The summed E-state index contributed by atoms with van der Waals surface area (Å²) in [5.41, 5.74) is -3.23. The van der Waals surface area contributed by atoms with E-state index in [9.17, 15) is 14.4 Å². The lowest BCUT2D eigenvalue weighted by atomic mass is 10.0. The fraction of sp³-hybridized carbons (Fsp3) is 0.800. The SMILES string of the molecule is COC(=O)C(C)(C)N(C(=O)OC(C)(C)C)C(=O)OC(C)(C)C. The molecule has 0 bridgehead atoms. The molecule has 7 nitrogen and oxygen atoms in total. The van der Waals surface area contributed by atoms with Gasteiger partial charge in [-0.25, -0.2) is 14.4 Å². The number of imide groups is 1. The van der Waals surface area contributed by atoms with Crippen LogP contribution in [0.5, 0.6) is 0 Å². The highest BCUT2D eigenvalue weighted by Crippen LogP contribution is 2.23. The van der Waals surface area contributed by atoms with E-state index in [1.54, 1.807) is 41.5 Å². The number of carbonyl (C=O) groups excluding carboxylic acids is 3. The molecule has 0 N–H and O–H groups in total. The van der Waals surface area contributed by atoms with Crippen molar-refractivity contribution < 1.29 is 28.6 Å². The summed E-state index contributed by atoms with van der Waals surface area (Å²) in [5, 5.41) is 0. The third kappa shape index (κ3) is 5.91. The average molecular weight is 317 g/mol. The van der Waals surface area contributed by atoms with Gasteiger partial charge < -0.3 is 14.2 Å². The van der Waals surface area contributed by atoms with Crippen LogP contribution in [0.25, 0.3) is 0 Å². The molecule has 0 heterocycles. The van der Waals surface area contributed by atoms with Crippen molar-refractivity contribution in [2.75, 3.05) is 7.11 Å². The van der Waals surface area contributed by atoms with E-state index in [1.807, 2.05) is 0 Å². The molecule has 0 unspecified atom stereocenters. The Morgan fingerprint density at radius 2 is 1.05 bits per heavy atom. The standard InChI is InChI=1S/C15H27NO6/c1-13(2,3)21-11(18)16(12(19)22-14(4,5)6)15(7,8)10(17)20-9/h1-9H3. The molecule has 0 saturated carbocycles. The first-order chi connectivity index (χ1) is 9.62. The molecule has 0 aliphatic rings. The van der Waals surface area contributed by atoms with E-state index < -0.39 is 34.9 Å². The van der Waals surface area contributed by atoms with Crippen LogP contribution in [0.4, 0.5) is 9.59 Å². The molecule has 0 aromatic heterocycles. The van der Waals surface area contributed by atoms with Crippen molar-refractivity contribution in [3.63, 3.8) is 0 Å². The van der Waals surface area contributed by atoms with Gasteiger partial charge in [0.15, 0.2) is 0 Å². The first-order valence-corrected chi connectivity index (χ1v) is 6.96. The predicted molar refractivity (Wildman–Crippen MR) is 80.4 cm³/mol. The van der Waals surface area contributed by atoms with Crippen LogP contribution in [0.1, 0.15) is 55.4 Å². The van der Waals surface area contributed by atoms with Gasteiger partial charge >= 0.3 is 18.2 Å². The van der Waals surface area contributed by atoms with Gasteiger partial charge in [0.25, 0.3) is 0 Å². The summed E-state index contributed by atoms with van der Waals surface area (Å²) in [6.45, 7) is 12.7. The third-order valence-corrected chi connectivity index (χ3v) is 2.40. The zero-order valence-electron chi connectivity index (χ0n) is 14.9. The average Bonchev–Trinajstić information content (AvgIpc) is 2.21. The van der Waals surface area contributed by atoms with Gasteiger partial charge in [-0.05, 0) is 55.4 Å². The Balaban J connectivity index is 5.64. The number of carbonyl (C=O) groups is 3. The minimum Gasteiger partial charge on any atom is -0.467 e. The molecule has 0 atom stereocenters. The number of esters is 1. The maximum Gasteiger partial charge on any atom is 0.420 e. The van der Waals surface area contributed by atoms with Crippen molar-refractivity contribution >= 4 is 18.2 Å². The van der Waals surface area contributed by atoms with Gasteiger partial charge in [-0.1, -0.05) is 0 Å². The number of hydrogen-bond acceptors (Lipinski definition) is 6. The van der Waals surface area contributed by atoms with Gasteiger partial charge in [0.2, 0.25) is 0 Å². The number of hydrogen-bond donors (Lipinski definition) is 0. The lowest BCUT2D eigenvalue weighted by molar-refractivity contribution is -0.152. The highest BCUT2D eigenvalue weighted by molar-refractivity contribution is 5.96. The van der Waals surface area contributed by atoms with Crippen molar-refractivity contribution in [1.29, 1.82) is 0 Å². The summed E-state index contributed by atoms with van der Waals surface area (Å²) < 4.78 is 15.1. The highest BCUT2D eigenvalue weighted by atomic mass is 16.6. The van der Waals surface area contributed by atoms with Crippen LogP contribution in [-0.2, 0) is 19.0 Å². The molecule has 0 aliphatic carbocycles. The van der Waals surface area contributed by atoms with Crippen LogP contribution in [0.2, 0.25) is 0 Å². The first kappa shape index (κ1) is 20.2. The van der Waals surface area contributed by atoms with E-state index in [0.29, 0.717) is 4.90 Å². The van der Waals surface area contributed by atoms with Gasteiger partial charge in [-0.15, -0.1) is 0 Å². The van der Waals surface area contributed by atoms with Crippen LogP contribution in [0, 0.1) is 0 Å². The third-order valence-electron chi connectivity index (χ3n) is 2.40. The monoisotopic (exact) mass is 317 g/mol. The van der Waals surface area contributed by atoms with Gasteiger partial charge in [0.1, 0.15) is 16.7 Å². The molecular formula is C15H27NO6. The number of ether oxygens (including phenoxy) is 3. The van der Waals surface area contributed by atoms with Crippen LogP contribution in [-0.4, -0.2) is 46.9 Å². The van der Waals surface area contributed by atoms with Gasteiger partial charge in [-0.3, -0.25) is 0 Å². The van der Waals surface area contributed by atoms with E-state index in [1.165, 1.54) is 21.0 Å². The fourth-order valence-electron chi connectivity index (χ4n) is 1.49. The largest absolute Gasteiger partial charge is 0.467 e. The van der Waals surface area contributed by atoms with Crippen LogP contribution in [0.15, 0.2) is 0 Å². The summed E-state index contributed by atoms with van der Waals surface area (Å²) in [4.78, 5) is 37.3. The molecule has 7 heteroatoms. The minimum absolute atomic E-state index is 0.634. The second-order valence-corrected chi connectivity index (χ2v) is 7.35. The minimum atomic E-state index is -1.57. The van der Waals surface area contributed by atoms with E-state index in [-0.39, 0.29) is 0 Å². The Hall–Kier alpha value is -1.79. The fourth-order valence-corrected chi connectivity index (χ4v) is 1.49. The molecule has 0 aliphatic heterocycles. The molecule has 0 aromatic carbocycles. The van der Waals surface area contributed by atoms with Crippen molar-refractivity contribution in [2.45, 2.75) is 72.1 Å². The smallest absolute Gasteiger partial charge is 0.420 e. The molecule has 0 aromatic rings. The Labute approximate surface area is 131 Å². The Kier molecular flexibility index (Phi) is 6.01. The normalized spacial score (nSPS) is 12.4. The molecule has 128 valence electrons. The Morgan fingerprint density at radius 3 is 1.27 bits per heavy atom. The topological polar surface area (TPSA) is 82.1 Å². The van der Waals surface area contributed by atoms with Gasteiger partial charge in [-0.2, -0.15) is 4.90 Å². The van der Waals surface area contributed by atoms with E-state index in [0.717, 1.165) is 0 Å². The summed E-state index contributed by atoms with van der Waals surface area (Å²) in [6, 6.07) is 0. The number of rotatable bonds is 2. The highest BCUT2D eigenvalue weighted by Gasteiger charge is 2.47. The predicted octanol–water partition coefficient (Wildman–Crippen LogP) is 3.11. The van der Waals surface area contributed by atoms with Crippen molar-refractivity contribution in [1.82, 2.24) is 4.90 Å². The summed E-state index contributed by atoms with van der Waals surface area (Å²) in [5.74, 6) is -0.760. The lowest BCUT2D eigenvalue weighted by Gasteiger charge is -2.36. The molecular weight excluding hydrogens is 290 g/mol. The molecule has 2 amide bonds. The van der Waals surface area contributed by atoms with Crippen molar-refractivity contribution in [3.8, 4) is 0 Å². The number of nitrogens with zero attached hydrogens (tertiary/aromatic N) is 1. The van der Waals surface area contributed by atoms with Gasteiger partial charge in [0, 0.05) is 0 Å². The summed E-state index contributed by atoms with van der Waals surface area (Å²) in [6.07, 6.45) is -1.95. The maximum absolute atomic E-state index is 12.3. The van der Waals surface area contributed by atoms with Crippen LogP contribution in [0.3, 0.4) is 0 Å². The van der Waals surface area contributed by atoms with Crippen LogP contribution >= 0.6 is 0 Å². The Bertz CT molecular complexity index is 414. The van der Waals surface area contributed by atoms with E-state index in [2.05, 4.69) is 4.74 Å². The van der Waals surface area contributed by atoms with Crippen molar-refractivity contribution in [3.05, 3.63) is 0 Å². The number of methoxy groups -OCH3 is 1. The zero-order valence-corrected chi connectivity index (χ0v) is 14.9. The van der Waals surface area contributed by atoms with Gasteiger partial charge in [0.05, 0.1) is 7.11 Å². The molecule has 0 fully saturated rings. The first-order valence-electron chi connectivity index (χ1n) is 6.96. The van der Waals surface area contributed by atoms with Crippen LogP contribution < -0.4 is 0 Å². The molecule has 0 spiro atoms. The molecule has 0 rings (SSSR count). The quantitative estimate of drug-likeness (QED) is 0.575.